The quantitative estimate of drug-likeness (QED) is 0.110. The summed E-state index contributed by atoms with van der Waals surface area (Å²) in [7, 11) is 1.40. The number of benzene rings is 2. The Morgan fingerprint density at radius 1 is 1.11 bits per heavy atom. The summed E-state index contributed by atoms with van der Waals surface area (Å²) in [5, 5.41) is 17.0. The van der Waals surface area contributed by atoms with Crippen LogP contribution in [0, 0.1) is 5.41 Å². The van der Waals surface area contributed by atoms with E-state index < -0.39 is 23.5 Å². The summed E-state index contributed by atoms with van der Waals surface area (Å²) in [5.41, 5.74) is 0.553. The normalized spacial score (nSPS) is 21.8. The van der Waals surface area contributed by atoms with Gasteiger partial charge in [-0.15, -0.1) is 33.3 Å². The maximum absolute atomic E-state index is 14.4. The van der Waals surface area contributed by atoms with E-state index in [0.717, 1.165) is 16.0 Å². The number of amides is 2. The van der Waals surface area contributed by atoms with Crippen molar-refractivity contribution in [2.75, 3.05) is 19.4 Å². The first-order valence-electron chi connectivity index (χ1n) is 13.9. The predicted octanol–water partition coefficient (Wildman–Crippen LogP) is 3.98. The molecule has 0 bridgehead atoms. The number of aromatic nitrogens is 4. The number of ether oxygens (including phenoxy) is 1. The average molecular weight is 651 g/mol. The van der Waals surface area contributed by atoms with E-state index in [-0.39, 0.29) is 35.4 Å². The number of hydrogen-bond acceptors (Lipinski definition) is 11. The molecule has 2 aliphatic heterocycles. The van der Waals surface area contributed by atoms with Gasteiger partial charge in [-0.3, -0.25) is 19.2 Å². The molecular formula is C30H30N6O5S3. The van der Waals surface area contributed by atoms with E-state index in [0.29, 0.717) is 10.9 Å². The van der Waals surface area contributed by atoms with Crippen LogP contribution in [0.1, 0.15) is 29.0 Å². The lowest BCUT2D eigenvalue weighted by molar-refractivity contribution is -0.212. The van der Waals surface area contributed by atoms with Crippen molar-refractivity contribution in [3.05, 3.63) is 94.2 Å². The number of esters is 1. The van der Waals surface area contributed by atoms with E-state index in [1.807, 2.05) is 85.1 Å². The van der Waals surface area contributed by atoms with Gasteiger partial charge in [-0.25, -0.2) is 5.06 Å². The smallest absolute Gasteiger partial charge is 0.316 e. The molecule has 6 rings (SSSR count). The van der Waals surface area contributed by atoms with Crippen molar-refractivity contribution in [1.29, 1.82) is 0 Å². The number of hydrogen-bond donors (Lipinski definition) is 1. The molecule has 14 heteroatoms. The molecule has 2 aromatic carbocycles. The van der Waals surface area contributed by atoms with Crippen LogP contribution in [0.2, 0.25) is 0 Å². The third-order valence-corrected chi connectivity index (χ3v) is 11.5. The Labute approximate surface area is 266 Å². The van der Waals surface area contributed by atoms with Gasteiger partial charge in [0.15, 0.2) is 12.1 Å². The molecule has 0 radical (unpaired) electrons. The third-order valence-electron chi connectivity index (χ3n) is 7.90. The third kappa shape index (κ3) is 5.86. The van der Waals surface area contributed by atoms with Gasteiger partial charge in [0.2, 0.25) is 5.16 Å². The minimum atomic E-state index is -1.12. The molecule has 228 valence electrons. The number of aromatic amines is 1. The van der Waals surface area contributed by atoms with Crippen LogP contribution >= 0.6 is 34.9 Å². The summed E-state index contributed by atoms with van der Waals surface area (Å²) in [6, 6.07) is 22.1. The zero-order valence-electron chi connectivity index (χ0n) is 23.9. The fourth-order valence-corrected chi connectivity index (χ4v) is 8.96. The molecule has 4 atom stereocenters. The molecule has 2 aromatic heterocycles. The Morgan fingerprint density at radius 3 is 2.41 bits per heavy atom. The van der Waals surface area contributed by atoms with Crippen molar-refractivity contribution < 1.29 is 24.0 Å². The van der Waals surface area contributed by atoms with E-state index in [1.54, 1.807) is 4.90 Å². The van der Waals surface area contributed by atoms with Crippen LogP contribution < -0.4 is 0 Å². The molecule has 0 aliphatic carbocycles. The zero-order chi connectivity index (χ0) is 30.7. The lowest BCUT2D eigenvalue weighted by Crippen LogP contribution is -2.75. The second-order valence-electron chi connectivity index (χ2n) is 10.5. The highest BCUT2D eigenvalue weighted by Crippen LogP contribution is 2.49. The van der Waals surface area contributed by atoms with Gasteiger partial charge in [0.25, 0.3) is 11.8 Å². The van der Waals surface area contributed by atoms with Crippen LogP contribution in [-0.2, 0) is 30.4 Å². The maximum Gasteiger partial charge on any atom is 0.316 e. The van der Waals surface area contributed by atoms with E-state index in [2.05, 4.69) is 20.6 Å². The second kappa shape index (κ2) is 13.1. The lowest BCUT2D eigenvalue weighted by atomic mass is 9.83. The molecule has 2 fully saturated rings. The first-order valence-corrected chi connectivity index (χ1v) is 16.7. The van der Waals surface area contributed by atoms with Crippen molar-refractivity contribution in [2.24, 2.45) is 5.41 Å². The molecular weight excluding hydrogens is 621 g/mol. The first-order chi connectivity index (χ1) is 21.4. The summed E-state index contributed by atoms with van der Waals surface area (Å²) in [6.07, 6.45) is -0.507. The number of thioether (sulfide) groups is 2. The van der Waals surface area contributed by atoms with Gasteiger partial charge in [0, 0.05) is 22.4 Å². The molecule has 2 saturated heterocycles. The molecule has 4 heterocycles. The van der Waals surface area contributed by atoms with Gasteiger partial charge in [0.1, 0.15) is 10.8 Å². The molecule has 3 unspecified atom stereocenters. The van der Waals surface area contributed by atoms with E-state index >= 15 is 0 Å². The Bertz CT molecular complexity index is 1540. The molecule has 0 spiro atoms. The van der Waals surface area contributed by atoms with Crippen molar-refractivity contribution in [2.45, 2.75) is 41.3 Å². The maximum atomic E-state index is 14.4. The summed E-state index contributed by atoms with van der Waals surface area (Å²) >= 11 is 4.21. The van der Waals surface area contributed by atoms with Gasteiger partial charge in [-0.2, -0.15) is 5.21 Å². The van der Waals surface area contributed by atoms with Crippen LogP contribution in [0.15, 0.2) is 83.3 Å². The highest BCUT2D eigenvalue weighted by Gasteiger charge is 2.62. The van der Waals surface area contributed by atoms with Crippen molar-refractivity contribution in [3.63, 3.8) is 0 Å². The van der Waals surface area contributed by atoms with Gasteiger partial charge in [-0.1, -0.05) is 85.4 Å². The summed E-state index contributed by atoms with van der Waals surface area (Å²) in [5.74, 6) is -0.659. The van der Waals surface area contributed by atoms with Gasteiger partial charge in [-0.05, 0) is 27.8 Å². The minimum Gasteiger partial charge on any atom is -0.452 e. The van der Waals surface area contributed by atoms with Crippen LogP contribution in [0.3, 0.4) is 0 Å². The number of tetrazole rings is 1. The van der Waals surface area contributed by atoms with E-state index in [1.165, 1.54) is 47.0 Å². The Hall–Kier alpha value is -3.72. The number of H-pyrrole nitrogens is 1. The predicted molar refractivity (Wildman–Crippen MR) is 166 cm³/mol. The molecule has 2 amide bonds. The van der Waals surface area contributed by atoms with Crippen molar-refractivity contribution in [3.8, 4) is 0 Å². The summed E-state index contributed by atoms with van der Waals surface area (Å²) < 4.78 is 6.39. The minimum absolute atomic E-state index is 0.109. The molecule has 4 aromatic rings. The Kier molecular flexibility index (Phi) is 9.03. The number of carbonyl (C=O) groups is 3. The van der Waals surface area contributed by atoms with E-state index in [4.69, 9.17) is 9.57 Å². The summed E-state index contributed by atoms with van der Waals surface area (Å²) in [4.78, 5) is 49.2. The van der Waals surface area contributed by atoms with Gasteiger partial charge >= 0.3 is 5.97 Å². The van der Waals surface area contributed by atoms with E-state index in [9.17, 15) is 14.4 Å². The number of nitrogens with zero attached hydrogens (tertiary/aromatic N) is 5. The Morgan fingerprint density at radius 2 is 1.82 bits per heavy atom. The highest BCUT2D eigenvalue weighted by atomic mass is 32.2. The van der Waals surface area contributed by atoms with Crippen LogP contribution in [0.4, 0.5) is 0 Å². The summed E-state index contributed by atoms with van der Waals surface area (Å²) in [6.45, 7) is 2.02. The zero-order valence-corrected chi connectivity index (χ0v) is 26.4. The number of carbonyl (C=O) groups excluding carboxylic acids is 3. The van der Waals surface area contributed by atoms with Gasteiger partial charge in [0.05, 0.1) is 13.5 Å². The van der Waals surface area contributed by atoms with Crippen LogP contribution in [0.5, 0.6) is 0 Å². The van der Waals surface area contributed by atoms with Crippen molar-refractivity contribution in [1.82, 2.24) is 30.6 Å². The fourth-order valence-electron chi connectivity index (χ4n) is 5.48. The number of hydroxylamine groups is 2. The number of thiophene rings is 1. The SMILES string of the molecule is CON(C(=O)Cc1cccs1)C1C(=O)N2CC(C(=O)OC(c3ccccc3)c3ccccc3)(C(C)Sc3nn[nH]n3)CS[C@H]12. The average Bonchev–Trinajstić information content (AvgIpc) is 3.77. The first kappa shape index (κ1) is 30.3. The number of nitrogens with one attached hydrogen (secondary N) is 1. The van der Waals surface area contributed by atoms with Crippen LogP contribution in [0.25, 0.3) is 0 Å². The standard InChI is InChI=1S/C30H30N6O5S3/c1-19(44-29-31-33-34-32-29)30(28(39)41-25(20-10-5-3-6-11-20)21-12-7-4-8-13-21)17-35-26(38)24(27(35)43-18-30)36(40-2)23(37)16-22-14-9-15-42-22/h3-15,19,24-25,27H,16-18H2,1-2H3,(H,31,32,33,34)/t19?,24?,27-,30?/m1/s1. The number of rotatable bonds is 11. The number of β-lactam (4-membered cyclic amide) rings is 1. The number of fused-ring (bicyclic) bond motifs is 1. The monoisotopic (exact) mass is 650 g/mol. The molecule has 2 aliphatic rings. The molecule has 1 N–H and O–H groups in total. The van der Waals surface area contributed by atoms with Gasteiger partial charge < -0.3 is 9.64 Å². The lowest BCUT2D eigenvalue weighted by Gasteiger charge is -2.56. The topological polar surface area (TPSA) is 131 Å². The Balaban J connectivity index is 1.27. The highest BCUT2D eigenvalue weighted by molar-refractivity contribution is 8.01. The van der Waals surface area contributed by atoms with Crippen LogP contribution in [-0.4, -0.2) is 84.4 Å². The van der Waals surface area contributed by atoms with Crippen molar-refractivity contribution >= 4 is 52.6 Å². The largest absolute Gasteiger partial charge is 0.452 e. The fraction of sp³-hybridized carbons (Fsp3) is 0.333. The molecule has 11 nitrogen and oxygen atoms in total. The molecule has 44 heavy (non-hydrogen) atoms. The second-order valence-corrected chi connectivity index (χ2v) is 13.9. The molecule has 0 saturated carbocycles.